The summed E-state index contributed by atoms with van der Waals surface area (Å²) in [5.41, 5.74) is 5.11. The lowest BCUT2D eigenvalue weighted by molar-refractivity contribution is 0.167. The van der Waals surface area contributed by atoms with Gasteiger partial charge in [-0.25, -0.2) is 0 Å². The van der Waals surface area contributed by atoms with E-state index in [1.807, 2.05) is 6.20 Å². The minimum atomic E-state index is 0.666. The highest BCUT2D eigenvalue weighted by molar-refractivity contribution is 5.78. The molecule has 3 heteroatoms. The van der Waals surface area contributed by atoms with E-state index in [9.17, 15) is 0 Å². The van der Waals surface area contributed by atoms with Crippen LogP contribution in [0, 0.1) is 23.7 Å². The van der Waals surface area contributed by atoms with Gasteiger partial charge in [0.1, 0.15) is 0 Å². The van der Waals surface area contributed by atoms with E-state index in [4.69, 9.17) is 0 Å². The van der Waals surface area contributed by atoms with Crippen molar-refractivity contribution < 1.29 is 0 Å². The van der Waals surface area contributed by atoms with Gasteiger partial charge in [-0.05, 0) is 80.0 Å². The summed E-state index contributed by atoms with van der Waals surface area (Å²) in [5.74, 6) is 8.06. The lowest BCUT2D eigenvalue weighted by Gasteiger charge is -2.33. The highest BCUT2D eigenvalue weighted by atomic mass is 15.1. The molecule has 0 bridgehead atoms. The fourth-order valence-electron chi connectivity index (χ4n) is 4.28. The first-order valence-corrected chi connectivity index (χ1v) is 10.6. The number of hydrogen-bond donors (Lipinski definition) is 1. The maximum Gasteiger partial charge on any atom is 0.0650 e. The number of hydrogen-bond acceptors (Lipinski definition) is 2. The summed E-state index contributed by atoms with van der Waals surface area (Å²) in [6, 6.07) is 15.6. The van der Waals surface area contributed by atoms with Crippen LogP contribution in [0.1, 0.15) is 42.4 Å². The van der Waals surface area contributed by atoms with Gasteiger partial charge in [0.15, 0.2) is 0 Å². The first-order valence-electron chi connectivity index (χ1n) is 10.6. The van der Waals surface area contributed by atoms with E-state index in [0.29, 0.717) is 5.92 Å². The minimum Gasteiger partial charge on any atom is -0.299 e. The summed E-state index contributed by atoms with van der Waals surface area (Å²) in [4.78, 5) is 2.62. The molecular formula is C25H27N3. The molecule has 1 unspecified atom stereocenters. The summed E-state index contributed by atoms with van der Waals surface area (Å²) in [6.07, 6.45) is 8.28. The molecule has 1 saturated carbocycles. The Morgan fingerprint density at radius 2 is 1.89 bits per heavy atom. The SMILES string of the molecule is C(#CC1CC1)c1ccc(CN2CCCC(Cc3ccc4[nH]ncc4c3)C2)cc1. The van der Waals surface area contributed by atoms with Crippen LogP contribution in [-0.4, -0.2) is 28.2 Å². The topological polar surface area (TPSA) is 31.9 Å². The van der Waals surface area contributed by atoms with Crippen LogP contribution in [0.15, 0.2) is 48.7 Å². The van der Waals surface area contributed by atoms with Crippen LogP contribution in [0.5, 0.6) is 0 Å². The molecule has 2 aromatic carbocycles. The Labute approximate surface area is 167 Å². The third kappa shape index (κ3) is 4.29. The predicted molar refractivity (Wildman–Crippen MR) is 114 cm³/mol. The Bertz CT molecular complexity index is 1000. The van der Waals surface area contributed by atoms with Crippen LogP contribution in [0.25, 0.3) is 10.9 Å². The predicted octanol–water partition coefficient (Wildman–Crippen LogP) is 4.78. The molecule has 2 aliphatic rings. The number of aromatic nitrogens is 2. The molecule has 2 heterocycles. The van der Waals surface area contributed by atoms with E-state index in [0.717, 1.165) is 30.0 Å². The van der Waals surface area contributed by atoms with Crippen LogP contribution >= 0.6 is 0 Å². The van der Waals surface area contributed by atoms with Crippen LogP contribution < -0.4 is 0 Å². The second-order valence-corrected chi connectivity index (χ2v) is 8.48. The average molecular weight is 370 g/mol. The Morgan fingerprint density at radius 3 is 2.75 bits per heavy atom. The highest BCUT2D eigenvalue weighted by Crippen LogP contribution is 2.27. The molecule has 1 atom stereocenters. The zero-order chi connectivity index (χ0) is 18.8. The van der Waals surface area contributed by atoms with Gasteiger partial charge < -0.3 is 0 Å². The normalized spacial score (nSPS) is 20.1. The summed E-state index contributed by atoms with van der Waals surface area (Å²) in [6.45, 7) is 3.45. The van der Waals surface area contributed by atoms with Crippen molar-refractivity contribution in [2.24, 2.45) is 11.8 Å². The van der Waals surface area contributed by atoms with E-state index in [2.05, 4.69) is 69.4 Å². The monoisotopic (exact) mass is 369 g/mol. The minimum absolute atomic E-state index is 0.666. The fraction of sp³-hybridized carbons (Fsp3) is 0.400. The molecule has 1 aliphatic carbocycles. The molecule has 2 fully saturated rings. The highest BCUT2D eigenvalue weighted by Gasteiger charge is 2.20. The number of likely N-dealkylation sites (tertiary alicyclic amines) is 1. The summed E-state index contributed by atoms with van der Waals surface area (Å²) < 4.78 is 0. The number of H-pyrrole nitrogens is 1. The quantitative estimate of drug-likeness (QED) is 0.671. The van der Waals surface area contributed by atoms with Gasteiger partial charge in [0.2, 0.25) is 0 Å². The molecule has 5 rings (SSSR count). The Balaban J connectivity index is 1.18. The van der Waals surface area contributed by atoms with Crippen molar-refractivity contribution >= 4 is 10.9 Å². The molecule has 0 radical (unpaired) electrons. The molecule has 28 heavy (non-hydrogen) atoms. The standard InChI is InChI=1S/C25H27N3/c1-2-23(14-22-11-12-25-24(15-22)16-26-27-25)18-28(13-1)17-21-9-7-20(8-10-21)6-5-19-3-4-19/h7-12,15-16,19,23H,1-4,13-14,17-18H2,(H,26,27). The molecular weight excluding hydrogens is 342 g/mol. The number of rotatable bonds is 4. The average Bonchev–Trinajstić information content (AvgIpc) is 3.43. The van der Waals surface area contributed by atoms with Gasteiger partial charge in [0.05, 0.1) is 11.7 Å². The zero-order valence-corrected chi connectivity index (χ0v) is 16.3. The lowest BCUT2D eigenvalue weighted by atomic mass is 9.90. The molecule has 1 aromatic heterocycles. The van der Waals surface area contributed by atoms with Gasteiger partial charge in [0.25, 0.3) is 0 Å². The van der Waals surface area contributed by atoms with Crippen LogP contribution in [-0.2, 0) is 13.0 Å². The third-order valence-corrected chi connectivity index (χ3v) is 5.99. The number of nitrogens with one attached hydrogen (secondary N) is 1. The molecule has 0 spiro atoms. The van der Waals surface area contributed by atoms with E-state index < -0.39 is 0 Å². The Morgan fingerprint density at radius 1 is 1.04 bits per heavy atom. The molecule has 3 aromatic rings. The van der Waals surface area contributed by atoms with Gasteiger partial charge in [-0.15, -0.1) is 0 Å². The summed E-state index contributed by atoms with van der Waals surface area (Å²) in [7, 11) is 0. The number of fused-ring (bicyclic) bond motifs is 1. The number of benzene rings is 2. The Hall–Kier alpha value is -2.57. The molecule has 142 valence electrons. The van der Waals surface area contributed by atoms with Crippen molar-refractivity contribution in [3.05, 3.63) is 65.4 Å². The second kappa shape index (κ2) is 7.81. The Kier molecular flexibility index (Phi) is 4.89. The van der Waals surface area contributed by atoms with Gasteiger partial charge in [-0.2, -0.15) is 5.10 Å². The van der Waals surface area contributed by atoms with Crippen molar-refractivity contribution in [3.63, 3.8) is 0 Å². The summed E-state index contributed by atoms with van der Waals surface area (Å²) in [5, 5.41) is 8.39. The summed E-state index contributed by atoms with van der Waals surface area (Å²) >= 11 is 0. The van der Waals surface area contributed by atoms with E-state index in [1.54, 1.807) is 0 Å². The second-order valence-electron chi connectivity index (χ2n) is 8.48. The van der Waals surface area contributed by atoms with Crippen molar-refractivity contribution in [3.8, 4) is 11.8 Å². The van der Waals surface area contributed by atoms with Gasteiger partial charge >= 0.3 is 0 Å². The molecule has 1 N–H and O–H groups in total. The van der Waals surface area contributed by atoms with Crippen molar-refractivity contribution in [2.75, 3.05) is 13.1 Å². The maximum absolute atomic E-state index is 4.14. The van der Waals surface area contributed by atoms with Gasteiger partial charge in [0, 0.05) is 30.0 Å². The maximum atomic E-state index is 4.14. The van der Waals surface area contributed by atoms with Crippen molar-refractivity contribution in [1.29, 1.82) is 0 Å². The smallest absolute Gasteiger partial charge is 0.0650 e. The number of aromatic amines is 1. The number of piperidine rings is 1. The van der Waals surface area contributed by atoms with E-state index >= 15 is 0 Å². The van der Waals surface area contributed by atoms with Gasteiger partial charge in [-0.1, -0.05) is 30.0 Å². The molecule has 0 amide bonds. The first kappa shape index (κ1) is 17.5. The zero-order valence-electron chi connectivity index (χ0n) is 16.3. The molecule has 1 saturated heterocycles. The largest absolute Gasteiger partial charge is 0.299 e. The van der Waals surface area contributed by atoms with E-state index in [-0.39, 0.29) is 0 Å². The third-order valence-electron chi connectivity index (χ3n) is 5.99. The molecule has 1 aliphatic heterocycles. The molecule has 3 nitrogen and oxygen atoms in total. The fourth-order valence-corrected chi connectivity index (χ4v) is 4.28. The van der Waals surface area contributed by atoms with Crippen LogP contribution in [0.4, 0.5) is 0 Å². The number of nitrogens with zero attached hydrogens (tertiary/aromatic N) is 2. The van der Waals surface area contributed by atoms with E-state index in [1.165, 1.54) is 55.3 Å². The van der Waals surface area contributed by atoms with Crippen LogP contribution in [0.3, 0.4) is 0 Å². The van der Waals surface area contributed by atoms with Crippen molar-refractivity contribution in [1.82, 2.24) is 15.1 Å². The first-order chi connectivity index (χ1) is 13.8. The lowest BCUT2D eigenvalue weighted by Crippen LogP contribution is -2.35. The van der Waals surface area contributed by atoms with Crippen LogP contribution in [0.2, 0.25) is 0 Å². The van der Waals surface area contributed by atoms with Crippen molar-refractivity contribution in [2.45, 2.75) is 38.6 Å². The van der Waals surface area contributed by atoms with Gasteiger partial charge in [-0.3, -0.25) is 10.00 Å².